The maximum atomic E-state index is 5.46. The minimum absolute atomic E-state index is 0.138. The van der Waals surface area contributed by atoms with Gasteiger partial charge < -0.3 is 28.4 Å². The van der Waals surface area contributed by atoms with Crippen molar-refractivity contribution in [3.05, 3.63) is 0 Å². The summed E-state index contributed by atoms with van der Waals surface area (Å²) in [6, 6.07) is 0. The highest BCUT2D eigenvalue weighted by molar-refractivity contribution is 6.13. The Morgan fingerprint density at radius 1 is 0.667 bits per heavy atom. The summed E-state index contributed by atoms with van der Waals surface area (Å²) in [6.45, 7) is 1.44. The summed E-state index contributed by atoms with van der Waals surface area (Å²) in [4.78, 5) is 0. The Hall–Kier alpha value is 0.114. The molecule has 0 fully saturated rings. The Morgan fingerprint density at radius 2 is 0.958 bits per heavy atom. The van der Waals surface area contributed by atoms with E-state index in [1.54, 1.807) is 42.7 Å². The first kappa shape index (κ1) is 24.1. The zero-order chi connectivity index (χ0) is 18.6. The second-order valence-electron chi connectivity index (χ2n) is 5.85. The van der Waals surface area contributed by atoms with Crippen molar-refractivity contribution in [3.63, 3.8) is 0 Å². The molecular weight excluding hydrogens is 348 g/mol. The molecule has 0 aliphatic carbocycles. The predicted octanol–water partition coefficient (Wildman–Crippen LogP) is -2.49. The standard InChI is InChI=1S/C14H36N2O6Si2/c1-17-11(9-13(23,19-3)20-4)15-7-8-16-12(18-2)10-14(24,21-5)22-6/h11-12,15-16H,7-10H2,1-6,23-24H3. The van der Waals surface area contributed by atoms with Crippen LogP contribution in [-0.4, -0.2) is 99.5 Å². The van der Waals surface area contributed by atoms with Gasteiger partial charge in [-0.25, -0.2) is 0 Å². The lowest BCUT2D eigenvalue weighted by atomic mass is 10.3. The van der Waals surface area contributed by atoms with Gasteiger partial charge in [-0.3, -0.25) is 10.6 Å². The molecule has 0 aliphatic rings. The maximum Gasteiger partial charge on any atom is 0.144 e. The van der Waals surface area contributed by atoms with Gasteiger partial charge in [-0.1, -0.05) is 0 Å². The molecule has 8 nitrogen and oxygen atoms in total. The normalized spacial score (nSPS) is 15.8. The molecule has 2 unspecified atom stereocenters. The summed E-state index contributed by atoms with van der Waals surface area (Å²) in [5.74, 6) is 0. The van der Waals surface area contributed by atoms with Crippen molar-refractivity contribution in [3.8, 4) is 0 Å². The van der Waals surface area contributed by atoms with E-state index in [-0.39, 0.29) is 12.5 Å². The molecule has 0 aromatic heterocycles. The number of methoxy groups -OCH3 is 6. The summed E-state index contributed by atoms with van der Waals surface area (Å²) in [5, 5.41) is 6.66. The second kappa shape index (κ2) is 12.5. The molecule has 146 valence electrons. The minimum Gasteiger partial charge on any atom is -0.366 e. The molecule has 0 amide bonds. The predicted molar refractivity (Wildman–Crippen MR) is 100 cm³/mol. The van der Waals surface area contributed by atoms with Gasteiger partial charge in [0.15, 0.2) is 0 Å². The van der Waals surface area contributed by atoms with Crippen LogP contribution in [0, 0.1) is 0 Å². The lowest BCUT2D eigenvalue weighted by Gasteiger charge is -2.32. The maximum absolute atomic E-state index is 5.46. The third-order valence-electron chi connectivity index (χ3n) is 4.28. The summed E-state index contributed by atoms with van der Waals surface area (Å²) >= 11 is 0. The SMILES string of the molecule is COC(CC([SiH3])(OC)OC)NCCNC(CC([SiH3])(OC)OC)OC. The van der Waals surface area contributed by atoms with Crippen molar-refractivity contribution in [2.24, 2.45) is 0 Å². The van der Waals surface area contributed by atoms with Crippen LogP contribution in [0.2, 0.25) is 0 Å². The number of hydrogen-bond acceptors (Lipinski definition) is 8. The quantitative estimate of drug-likeness (QED) is 0.182. The van der Waals surface area contributed by atoms with Crippen LogP contribution in [0.4, 0.5) is 0 Å². The first-order valence-electron chi connectivity index (χ1n) is 8.05. The first-order chi connectivity index (χ1) is 11.3. The lowest BCUT2D eigenvalue weighted by Crippen LogP contribution is -2.48. The molecule has 0 aromatic rings. The average Bonchev–Trinajstić information content (AvgIpc) is 2.62. The van der Waals surface area contributed by atoms with E-state index in [2.05, 4.69) is 10.6 Å². The van der Waals surface area contributed by atoms with Crippen LogP contribution in [0.15, 0.2) is 0 Å². The van der Waals surface area contributed by atoms with Crippen LogP contribution in [-0.2, 0) is 28.4 Å². The summed E-state index contributed by atoms with van der Waals surface area (Å²) < 4.78 is 32.6. The monoisotopic (exact) mass is 384 g/mol. The van der Waals surface area contributed by atoms with Gasteiger partial charge in [0.1, 0.15) is 23.3 Å². The van der Waals surface area contributed by atoms with Gasteiger partial charge >= 0.3 is 0 Å². The van der Waals surface area contributed by atoms with Crippen LogP contribution < -0.4 is 10.6 Å². The topological polar surface area (TPSA) is 79.4 Å². The van der Waals surface area contributed by atoms with E-state index in [0.717, 1.165) is 33.6 Å². The Bertz CT molecular complexity index is 290. The van der Waals surface area contributed by atoms with E-state index in [0.29, 0.717) is 12.8 Å². The van der Waals surface area contributed by atoms with Crippen molar-refractivity contribution in [1.29, 1.82) is 0 Å². The van der Waals surface area contributed by atoms with E-state index in [1.165, 1.54) is 0 Å². The third-order valence-corrected chi connectivity index (χ3v) is 6.73. The molecule has 24 heavy (non-hydrogen) atoms. The van der Waals surface area contributed by atoms with Crippen molar-refractivity contribution in [2.75, 3.05) is 55.7 Å². The Labute approximate surface area is 152 Å². The Balaban J connectivity index is 4.24. The highest BCUT2D eigenvalue weighted by Crippen LogP contribution is 2.15. The molecule has 0 saturated carbocycles. The number of hydrogen-bond donors (Lipinski definition) is 2. The first-order valence-corrected chi connectivity index (χ1v) is 10.0. The number of ether oxygens (including phenoxy) is 6. The van der Waals surface area contributed by atoms with Gasteiger partial charge in [0.05, 0.1) is 20.5 Å². The summed E-state index contributed by atoms with van der Waals surface area (Å²) in [5.41, 5.74) is -1.08. The van der Waals surface area contributed by atoms with Gasteiger partial charge in [-0.15, -0.1) is 0 Å². The smallest absolute Gasteiger partial charge is 0.144 e. The molecule has 0 saturated heterocycles. The van der Waals surface area contributed by atoms with Crippen molar-refractivity contribution in [2.45, 2.75) is 36.1 Å². The largest absolute Gasteiger partial charge is 0.366 e. The zero-order valence-electron chi connectivity index (χ0n) is 16.4. The van der Waals surface area contributed by atoms with Gasteiger partial charge in [0.2, 0.25) is 0 Å². The highest BCUT2D eigenvalue weighted by Gasteiger charge is 2.28. The highest BCUT2D eigenvalue weighted by atomic mass is 28.2. The molecule has 0 heterocycles. The average molecular weight is 385 g/mol. The van der Waals surface area contributed by atoms with Gasteiger partial charge in [0, 0.05) is 68.6 Å². The van der Waals surface area contributed by atoms with Crippen LogP contribution in [0.3, 0.4) is 0 Å². The Morgan fingerprint density at radius 3 is 1.17 bits per heavy atom. The van der Waals surface area contributed by atoms with Gasteiger partial charge in [0.25, 0.3) is 0 Å². The van der Waals surface area contributed by atoms with Crippen molar-refractivity contribution in [1.82, 2.24) is 10.6 Å². The fourth-order valence-corrected chi connectivity index (χ4v) is 2.86. The second-order valence-corrected chi connectivity index (χ2v) is 8.90. The van der Waals surface area contributed by atoms with Crippen LogP contribution in [0.5, 0.6) is 0 Å². The fraction of sp³-hybridized carbons (Fsp3) is 1.00. The van der Waals surface area contributed by atoms with Gasteiger partial charge in [-0.2, -0.15) is 0 Å². The van der Waals surface area contributed by atoms with Crippen LogP contribution in [0.25, 0.3) is 0 Å². The zero-order valence-corrected chi connectivity index (χ0v) is 20.4. The van der Waals surface area contributed by atoms with E-state index < -0.39 is 10.8 Å². The number of rotatable bonds is 15. The third kappa shape index (κ3) is 8.99. The van der Waals surface area contributed by atoms with E-state index >= 15 is 0 Å². The van der Waals surface area contributed by atoms with E-state index in [9.17, 15) is 0 Å². The molecule has 0 rings (SSSR count). The van der Waals surface area contributed by atoms with E-state index in [1.807, 2.05) is 0 Å². The van der Waals surface area contributed by atoms with Crippen molar-refractivity contribution >= 4 is 20.5 Å². The van der Waals surface area contributed by atoms with E-state index in [4.69, 9.17) is 28.4 Å². The molecule has 0 aromatic carbocycles. The van der Waals surface area contributed by atoms with Gasteiger partial charge in [-0.05, 0) is 0 Å². The molecule has 0 spiro atoms. The molecule has 0 radical (unpaired) electrons. The molecular formula is C14H36N2O6Si2. The lowest BCUT2D eigenvalue weighted by molar-refractivity contribution is -0.167. The van der Waals surface area contributed by atoms with Crippen LogP contribution >= 0.6 is 0 Å². The summed E-state index contributed by atoms with van der Waals surface area (Å²) in [6.07, 6.45) is 0.989. The molecule has 2 atom stereocenters. The van der Waals surface area contributed by atoms with Crippen molar-refractivity contribution < 1.29 is 28.4 Å². The Kier molecular flexibility index (Phi) is 12.5. The fourth-order valence-electron chi connectivity index (χ4n) is 2.12. The number of nitrogens with one attached hydrogen (secondary N) is 2. The molecule has 2 N–H and O–H groups in total. The molecule has 10 heteroatoms. The molecule has 0 bridgehead atoms. The minimum atomic E-state index is -0.542. The summed E-state index contributed by atoms with van der Waals surface area (Å²) in [7, 11) is 11.5. The van der Waals surface area contributed by atoms with Crippen LogP contribution in [0.1, 0.15) is 12.8 Å². The molecule has 0 aliphatic heterocycles.